The lowest BCUT2D eigenvalue weighted by molar-refractivity contribution is -0.142. The SMILES string of the molecule is CC1CN(C(=O)Nc2cc(F)cc(F)c2)CC1C(=O)O. The fourth-order valence-corrected chi connectivity index (χ4v) is 2.28. The van der Waals surface area contributed by atoms with Crippen molar-refractivity contribution in [1.29, 1.82) is 0 Å². The highest BCUT2D eigenvalue weighted by atomic mass is 19.1. The molecule has 1 fully saturated rings. The number of carbonyl (C=O) groups excluding carboxylic acids is 1. The van der Waals surface area contributed by atoms with Gasteiger partial charge in [0.15, 0.2) is 0 Å². The maximum atomic E-state index is 13.0. The predicted molar refractivity (Wildman–Crippen MR) is 67.2 cm³/mol. The first-order valence-electron chi connectivity index (χ1n) is 6.11. The fraction of sp³-hybridized carbons (Fsp3) is 0.385. The van der Waals surface area contributed by atoms with E-state index in [2.05, 4.69) is 5.32 Å². The number of carboxylic acid groups (broad SMARTS) is 1. The Balaban J connectivity index is 2.04. The van der Waals surface area contributed by atoms with E-state index in [1.807, 2.05) is 0 Å². The Labute approximate surface area is 114 Å². The Bertz CT molecular complexity index is 530. The van der Waals surface area contributed by atoms with Crippen molar-refractivity contribution in [3.63, 3.8) is 0 Å². The lowest BCUT2D eigenvalue weighted by Crippen LogP contribution is -2.33. The summed E-state index contributed by atoms with van der Waals surface area (Å²) in [5.41, 5.74) is -0.000993. The number of urea groups is 1. The number of carbonyl (C=O) groups is 2. The largest absolute Gasteiger partial charge is 0.481 e. The molecule has 1 aromatic carbocycles. The van der Waals surface area contributed by atoms with E-state index in [0.29, 0.717) is 12.6 Å². The quantitative estimate of drug-likeness (QED) is 0.874. The van der Waals surface area contributed by atoms with Crippen LogP contribution in [0.1, 0.15) is 6.92 Å². The second-order valence-electron chi connectivity index (χ2n) is 4.92. The van der Waals surface area contributed by atoms with Gasteiger partial charge in [-0.2, -0.15) is 0 Å². The Morgan fingerprint density at radius 1 is 1.25 bits per heavy atom. The summed E-state index contributed by atoms with van der Waals surface area (Å²) in [5, 5.41) is 11.3. The monoisotopic (exact) mass is 284 g/mol. The highest BCUT2D eigenvalue weighted by molar-refractivity contribution is 5.90. The first-order valence-corrected chi connectivity index (χ1v) is 6.11. The summed E-state index contributed by atoms with van der Waals surface area (Å²) in [6.45, 7) is 2.12. The molecule has 1 aromatic rings. The molecule has 0 radical (unpaired) electrons. The second-order valence-corrected chi connectivity index (χ2v) is 4.92. The highest BCUT2D eigenvalue weighted by Gasteiger charge is 2.36. The van der Waals surface area contributed by atoms with Crippen molar-refractivity contribution in [3.05, 3.63) is 29.8 Å². The number of carboxylic acids is 1. The number of nitrogens with zero attached hydrogens (tertiary/aromatic N) is 1. The van der Waals surface area contributed by atoms with Gasteiger partial charge in [-0.25, -0.2) is 13.6 Å². The van der Waals surface area contributed by atoms with E-state index in [1.165, 1.54) is 4.90 Å². The van der Waals surface area contributed by atoms with E-state index in [9.17, 15) is 18.4 Å². The first-order chi connectivity index (χ1) is 9.36. The minimum Gasteiger partial charge on any atom is -0.481 e. The second kappa shape index (κ2) is 5.44. The third-order valence-electron chi connectivity index (χ3n) is 3.33. The van der Waals surface area contributed by atoms with Crippen molar-refractivity contribution in [2.24, 2.45) is 11.8 Å². The first kappa shape index (κ1) is 14.2. The number of benzene rings is 1. The van der Waals surface area contributed by atoms with Crippen molar-refractivity contribution in [2.45, 2.75) is 6.92 Å². The van der Waals surface area contributed by atoms with Crippen LogP contribution in [0.3, 0.4) is 0 Å². The highest BCUT2D eigenvalue weighted by Crippen LogP contribution is 2.24. The van der Waals surface area contributed by atoms with Crippen LogP contribution in [-0.4, -0.2) is 35.1 Å². The van der Waals surface area contributed by atoms with Gasteiger partial charge in [-0.1, -0.05) is 6.92 Å². The molecule has 0 bridgehead atoms. The number of hydrogen-bond acceptors (Lipinski definition) is 2. The average molecular weight is 284 g/mol. The van der Waals surface area contributed by atoms with Crippen LogP contribution >= 0.6 is 0 Å². The Hall–Kier alpha value is -2.18. The molecule has 108 valence electrons. The van der Waals surface area contributed by atoms with E-state index in [-0.39, 0.29) is 18.2 Å². The standard InChI is InChI=1S/C13H14F2N2O3/c1-7-5-17(6-11(7)12(18)19)13(20)16-10-3-8(14)2-9(15)4-10/h2-4,7,11H,5-6H2,1H3,(H,16,20)(H,18,19). The van der Waals surface area contributed by atoms with Crippen LogP contribution in [0, 0.1) is 23.5 Å². The average Bonchev–Trinajstić information content (AvgIpc) is 2.70. The van der Waals surface area contributed by atoms with E-state index >= 15 is 0 Å². The molecule has 5 nitrogen and oxygen atoms in total. The zero-order chi connectivity index (χ0) is 14.9. The third kappa shape index (κ3) is 3.04. The van der Waals surface area contributed by atoms with Gasteiger partial charge in [-0.15, -0.1) is 0 Å². The molecular weight excluding hydrogens is 270 g/mol. The zero-order valence-electron chi connectivity index (χ0n) is 10.8. The van der Waals surface area contributed by atoms with Gasteiger partial charge < -0.3 is 15.3 Å². The zero-order valence-corrected chi connectivity index (χ0v) is 10.8. The molecular formula is C13H14F2N2O3. The topological polar surface area (TPSA) is 69.6 Å². The maximum absolute atomic E-state index is 13.0. The third-order valence-corrected chi connectivity index (χ3v) is 3.33. The number of nitrogens with one attached hydrogen (secondary N) is 1. The molecule has 0 spiro atoms. The summed E-state index contributed by atoms with van der Waals surface area (Å²) in [5.74, 6) is -3.32. The van der Waals surface area contributed by atoms with Gasteiger partial charge in [-0.3, -0.25) is 4.79 Å². The molecule has 2 N–H and O–H groups in total. The van der Waals surface area contributed by atoms with Gasteiger partial charge >= 0.3 is 12.0 Å². The molecule has 1 saturated heterocycles. The molecule has 0 aromatic heterocycles. The molecule has 1 aliphatic rings. The Kier molecular flexibility index (Phi) is 3.87. The number of amides is 2. The lowest BCUT2D eigenvalue weighted by Gasteiger charge is -2.17. The van der Waals surface area contributed by atoms with Crippen LogP contribution in [0.2, 0.25) is 0 Å². The molecule has 2 rings (SSSR count). The maximum Gasteiger partial charge on any atom is 0.321 e. The summed E-state index contributed by atoms with van der Waals surface area (Å²) in [7, 11) is 0. The molecule has 20 heavy (non-hydrogen) atoms. The molecule has 1 aliphatic heterocycles. The Morgan fingerprint density at radius 2 is 1.85 bits per heavy atom. The summed E-state index contributed by atoms with van der Waals surface area (Å²) in [6, 6.07) is 2.13. The van der Waals surface area contributed by atoms with Crippen LogP contribution in [0.5, 0.6) is 0 Å². The van der Waals surface area contributed by atoms with Gasteiger partial charge in [0.2, 0.25) is 0 Å². The van der Waals surface area contributed by atoms with E-state index < -0.39 is 29.6 Å². The number of likely N-dealkylation sites (tertiary alicyclic amines) is 1. The van der Waals surface area contributed by atoms with E-state index in [4.69, 9.17) is 5.11 Å². The predicted octanol–water partition coefficient (Wildman–Crippen LogP) is 2.15. The van der Waals surface area contributed by atoms with Crippen LogP contribution in [0.4, 0.5) is 19.3 Å². The van der Waals surface area contributed by atoms with Crippen molar-refractivity contribution in [3.8, 4) is 0 Å². The van der Waals surface area contributed by atoms with Crippen LogP contribution < -0.4 is 5.32 Å². The molecule has 0 aliphatic carbocycles. The molecule has 2 atom stereocenters. The van der Waals surface area contributed by atoms with Gasteiger partial charge in [0, 0.05) is 24.8 Å². The number of halogens is 2. The van der Waals surface area contributed by atoms with Gasteiger partial charge in [0.05, 0.1) is 5.92 Å². The van der Waals surface area contributed by atoms with Crippen molar-refractivity contribution in [1.82, 2.24) is 4.90 Å². The van der Waals surface area contributed by atoms with Crippen molar-refractivity contribution >= 4 is 17.7 Å². The van der Waals surface area contributed by atoms with Gasteiger partial charge in [-0.05, 0) is 18.1 Å². The minimum atomic E-state index is -0.954. The van der Waals surface area contributed by atoms with E-state index in [1.54, 1.807) is 6.92 Å². The molecule has 0 saturated carbocycles. The smallest absolute Gasteiger partial charge is 0.321 e. The van der Waals surface area contributed by atoms with Crippen LogP contribution in [-0.2, 0) is 4.79 Å². The van der Waals surface area contributed by atoms with E-state index in [0.717, 1.165) is 12.1 Å². The van der Waals surface area contributed by atoms with Crippen LogP contribution in [0.25, 0.3) is 0 Å². The fourth-order valence-electron chi connectivity index (χ4n) is 2.28. The summed E-state index contributed by atoms with van der Waals surface area (Å²) < 4.78 is 26.0. The van der Waals surface area contributed by atoms with Crippen molar-refractivity contribution in [2.75, 3.05) is 18.4 Å². The number of aliphatic carboxylic acids is 1. The summed E-state index contributed by atoms with van der Waals surface area (Å²) >= 11 is 0. The van der Waals surface area contributed by atoms with Gasteiger partial charge in [0.1, 0.15) is 11.6 Å². The number of hydrogen-bond donors (Lipinski definition) is 2. The van der Waals surface area contributed by atoms with Crippen molar-refractivity contribution < 1.29 is 23.5 Å². The lowest BCUT2D eigenvalue weighted by atomic mass is 9.99. The summed E-state index contributed by atoms with van der Waals surface area (Å²) in [4.78, 5) is 24.2. The molecule has 1 heterocycles. The normalized spacial score (nSPS) is 21.9. The van der Waals surface area contributed by atoms with Gasteiger partial charge in [0.25, 0.3) is 0 Å². The van der Waals surface area contributed by atoms with Crippen LogP contribution in [0.15, 0.2) is 18.2 Å². The molecule has 2 unspecified atom stereocenters. The number of anilines is 1. The minimum absolute atomic E-state index is 0.000993. The summed E-state index contributed by atoms with van der Waals surface area (Å²) in [6.07, 6.45) is 0. The molecule has 2 amide bonds. The molecule has 7 heteroatoms. The Morgan fingerprint density at radius 3 is 2.35 bits per heavy atom. The number of rotatable bonds is 2.